The highest BCUT2D eigenvalue weighted by Gasteiger charge is 2.24. The first kappa shape index (κ1) is 16.3. The fraction of sp³-hybridized carbons (Fsp3) is 0.200. The minimum absolute atomic E-state index is 0.260. The molecule has 0 saturated heterocycles. The molecule has 0 N–H and O–H groups in total. The lowest BCUT2D eigenvalue weighted by molar-refractivity contribution is 0.593. The van der Waals surface area contributed by atoms with Crippen molar-refractivity contribution in [1.29, 1.82) is 0 Å². The smallest absolute Gasteiger partial charge is 0.264 e. The SMILES string of the molecule is Cc1c(Br)cc(CCl)cc1S(=O)(=O)N(C)c1ccccc1. The largest absolute Gasteiger partial charge is 0.269 e. The second kappa shape index (κ2) is 6.38. The molecule has 2 aromatic carbocycles. The molecule has 0 radical (unpaired) electrons. The summed E-state index contributed by atoms with van der Waals surface area (Å²) in [5.74, 6) is 0.260. The second-order valence-electron chi connectivity index (χ2n) is 4.64. The average molecular weight is 389 g/mol. The molecule has 0 saturated carbocycles. The van der Waals surface area contributed by atoms with Crippen LogP contribution in [0.2, 0.25) is 0 Å². The van der Waals surface area contributed by atoms with Crippen LogP contribution in [0.4, 0.5) is 5.69 Å². The van der Waals surface area contributed by atoms with Gasteiger partial charge in [-0.05, 0) is 42.3 Å². The Bertz CT molecular complexity index is 748. The van der Waals surface area contributed by atoms with E-state index in [9.17, 15) is 8.42 Å². The van der Waals surface area contributed by atoms with Gasteiger partial charge in [-0.1, -0.05) is 34.1 Å². The van der Waals surface area contributed by atoms with Gasteiger partial charge in [0.2, 0.25) is 0 Å². The summed E-state index contributed by atoms with van der Waals surface area (Å²) in [7, 11) is -2.09. The van der Waals surface area contributed by atoms with Gasteiger partial charge in [0.25, 0.3) is 10.0 Å². The van der Waals surface area contributed by atoms with Crippen molar-refractivity contribution in [3.63, 3.8) is 0 Å². The Hall–Kier alpha value is -1.04. The van der Waals surface area contributed by atoms with Crippen LogP contribution in [0.1, 0.15) is 11.1 Å². The van der Waals surface area contributed by atoms with E-state index in [-0.39, 0.29) is 10.8 Å². The number of para-hydroxylation sites is 1. The van der Waals surface area contributed by atoms with Gasteiger partial charge in [0, 0.05) is 17.4 Å². The monoisotopic (exact) mass is 387 g/mol. The summed E-state index contributed by atoms with van der Waals surface area (Å²) in [5, 5.41) is 0. The van der Waals surface area contributed by atoms with Crippen LogP contribution in [-0.4, -0.2) is 15.5 Å². The molecule has 0 aliphatic carbocycles. The van der Waals surface area contributed by atoms with E-state index in [0.717, 1.165) is 10.0 Å². The summed E-state index contributed by atoms with van der Waals surface area (Å²) < 4.78 is 27.7. The summed E-state index contributed by atoms with van der Waals surface area (Å²) in [4.78, 5) is 0.263. The van der Waals surface area contributed by atoms with Crippen LogP contribution in [0.15, 0.2) is 51.8 Å². The van der Waals surface area contributed by atoms with Crippen LogP contribution in [0.3, 0.4) is 0 Å². The van der Waals surface area contributed by atoms with Gasteiger partial charge in [-0.15, -0.1) is 11.6 Å². The zero-order valence-electron chi connectivity index (χ0n) is 11.7. The number of halogens is 2. The standard InChI is InChI=1S/C15H15BrClNO2S/c1-11-14(16)8-12(10-17)9-15(11)21(19,20)18(2)13-6-4-3-5-7-13/h3-9H,10H2,1-2H3. The molecule has 2 rings (SSSR count). The minimum atomic E-state index is -3.63. The van der Waals surface area contributed by atoms with Crippen LogP contribution >= 0.6 is 27.5 Å². The van der Waals surface area contributed by atoms with Crippen molar-refractivity contribution in [2.24, 2.45) is 0 Å². The van der Waals surface area contributed by atoms with Crippen LogP contribution in [0, 0.1) is 6.92 Å². The predicted molar refractivity (Wildman–Crippen MR) is 90.5 cm³/mol. The van der Waals surface area contributed by atoms with Crippen LogP contribution in [0.25, 0.3) is 0 Å². The van der Waals surface area contributed by atoms with E-state index in [1.165, 1.54) is 4.31 Å². The zero-order chi connectivity index (χ0) is 15.6. The Morgan fingerprint density at radius 2 is 1.81 bits per heavy atom. The fourth-order valence-corrected chi connectivity index (χ4v) is 4.26. The Morgan fingerprint density at radius 1 is 1.19 bits per heavy atom. The van der Waals surface area contributed by atoms with Gasteiger partial charge in [0.05, 0.1) is 10.6 Å². The molecule has 0 aliphatic heterocycles. The fourth-order valence-electron chi connectivity index (χ4n) is 1.98. The van der Waals surface area contributed by atoms with Gasteiger partial charge in [-0.2, -0.15) is 0 Å². The Morgan fingerprint density at radius 3 is 2.38 bits per heavy atom. The van der Waals surface area contributed by atoms with Gasteiger partial charge in [-0.3, -0.25) is 4.31 Å². The average Bonchev–Trinajstić information content (AvgIpc) is 2.49. The van der Waals surface area contributed by atoms with E-state index < -0.39 is 10.0 Å². The highest BCUT2D eigenvalue weighted by molar-refractivity contribution is 9.10. The molecule has 21 heavy (non-hydrogen) atoms. The maximum absolute atomic E-state index is 12.8. The number of anilines is 1. The van der Waals surface area contributed by atoms with Crippen LogP contribution in [0.5, 0.6) is 0 Å². The van der Waals surface area contributed by atoms with Crippen LogP contribution < -0.4 is 4.31 Å². The van der Waals surface area contributed by atoms with Crippen molar-refractivity contribution in [3.8, 4) is 0 Å². The molecular formula is C15H15BrClNO2S. The molecule has 0 aliphatic rings. The molecule has 3 nitrogen and oxygen atoms in total. The lowest BCUT2D eigenvalue weighted by Gasteiger charge is -2.21. The van der Waals surface area contributed by atoms with Crippen molar-refractivity contribution in [1.82, 2.24) is 0 Å². The number of nitrogens with zero attached hydrogens (tertiary/aromatic N) is 1. The Kier molecular flexibility index (Phi) is 4.96. The van der Waals surface area contributed by atoms with Crippen molar-refractivity contribution in [2.45, 2.75) is 17.7 Å². The van der Waals surface area contributed by atoms with Crippen molar-refractivity contribution in [2.75, 3.05) is 11.4 Å². The van der Waals surface area contributed by atoms with E-state index in [1.54, 1.807) is 44.3 Å². The molecule has 0 aromatic heterocycles. The molecule has 0 heterocycles. The van der Waals surface area contributed by atoms with Gasteiger partial charge >= 0.3 is 0 Å². The minimum Gasteiger partial charge on any atom is -0.269 e. The predicted octanol–water partition coefficient (Wildman–Crippen LogP) is 4.32. The summed E-state index contributed by atoms with van der Waals surface area (Å²) >= 11 is 9.23. The maximum Gasteiger partial charge on any atom is 0.264 e. The van der Waals surface area contributed by atoms with Gasteiger partial charge < -0.3 is 0 Å². The van der Waals surface area contributed by atoms with E-state index >= 15 is 0 Å². The zero-order valence-corrected chi connectivity index (χ0v) is 14.8. The van der Waals surface area contributed by atoms with Gasteiger partial charge in [-0.25, -0.2) is 8.42 Å². The molecule has 0 bridgehead atoms. The molecular weight excluding hydrogens is 374 g/mol. The first-order chi connectivity index (χ1) is 9.87. The van der Waals surface area contributed by atoms with E-state index in [4.69, 9.17) is 11.6 Å². The number of hydrogen-bond acceptors (Lipinski definition) is 2. The number of alkyl halides is 1. The number of hydrogen-bond donors (Lipinski definition) is 0. The van der Waals surface area contributed by atoms with Gasteiger partial charge in [0.1, 0.15) is 0 Å². The molecule has 0 atom stereocenters. The Balaban J connectivity index is 2.57. The Labute approximate surface area is 138 Å². The maximum atomic E-state index is 12.8. The molecule has 0 fully saturated rings. The third kappa shape index (κ3) is 3.25. The van der Waals surface area contributed by atoms with Crippen LogP contribution in [-0.2, 0) is 15.9 Å². The highest BCUT2D eigenvalue weighted by atomic mass is 79.9. The molecule has 6 heteroatoms. The first-order valence-electron chi connectivity index (χ1n) is 6.27. The van der Waals surface area contributed by atoms with Gasteiger partial charge in [0.15, 0.2) is 0 Å². The lowest BCUT2D eigenvalue weighted by Crippen LogP contribution is -2.27. The number of rotatable bonds is 4. The van der Waals surface area contributed by atoms with Crippen molar-refractivity contribution < 1.29 is 8.42 Å². The van der Waals surface area contributed by atoms with Crippen molar-refractivity contribution in [3.05, 3.63) is 58.1 Å². The quantitative estimate of drug-likeness (QED) is 0.731. The summed E-state index contributed by atoms with van der Waals surface area (Å²) in [5.41, 5.74) is 2.05. The molecule has 0 amide bonds. The summed E-state index contributed by atoms with van der Waals surface area (Å²) in [6.45, 7) is 1.77. The molecule has 0 spiro atoms. The van der Waals surface area contributed by atoms with Crippen molar-refractivity contribution >= 4 is 43.2 Å². The second-order valence-corrected chi connectivity index (χ2v) is 7.70. The topological polar surface area (TPSA) is 37.4 Å². The molecule has 0 unspecified atom stereocenters. The number of sulfonamides is 1. The third-order valence-corrected chi connectivity index (χ3v) is 6.31. The lowest BCUT2D eigenvalue weighted by atomic mass is 10.2. The molecule has 2 aromatic rings. The normalized spacial score (nSPS) is 11.4. The summed E-state index contributed by atoms with van der Waals surface area (Å²) in [6, 6.07) is 12.4. The van der Waals surface area contributed by atoms with E-state index in [1.807, 2.05) is 12.1 Å². The van der Waals surface area contributed by atoms with E-state index in [2.05, 4.69) is 15.9 Å². The first-order valence-corrected chi connectivity index (χ1v) is 9.03. The summed E-state index contributed by atoms with van der Waals surface area (Å²) in [6.07, 6.45) is 0. The highest BCUT2D eigenvalue weighted by Crippen LogP contribution is 2.30. The number of benzene rings is 2. The van der Waals surface area contributed by atoms with E-state index in [0.29, 0.717) is 11.3 Å². The third-order valence-electron chi connectivity index (χ3n) is 3.27. The molecule has 112 valence electrons.